The molecule has 0 atom stereocenters. The maximum atomic E-state index is 12.6. The summed E-state index contributed by atoms with van der Waals surface area (Å²) in [7, 11) is 0. The molecule has 1 fully saturated rings. The van der Waals surface area contributed by atoms with Crippen molar-refractivity contribution in [3.63, 3.8) is 0 Å². The molecule has 0 amide bonds. The quantitative estimate of drug-likeness (QED) is 0.0697. The van der Waals surface area contributed by atoms with Gasteiger partial charge >= 0.3 is 5.97 Å². The van der Waals surface area contributed by atoms with Gasteiger partial charge in [0.25, 0.3) is 0 Å². The molecule has 3 rings (SSSR count). The van der Waals surface area contributed by atoms with Crippen molar-refractivity contribution in [2.24, 2.45) is 11.8 Å². The molecule has 2 aromatic carbocycles. The van der Waals surface area contributed by atoms with Gasteiger partial charge in [0.15, 0.2) is 0 Å². The number of unbranched alkanes of at least 4 members (excludes halogenated alkanes) is 9. The van der Waals surface area contributed by atoms with E-state index in [9.17, 15) is 4.79 Å². The molecule has 0 aromatic heterocycles. The Bertz CT molecular complexity index is 971. The summed E-state index contributed by atoms with van der Waals surface area (Å²) in [6.07, 6.45) is 25.6. The van der Waals surface area contributed by atoms with E-state index in [0.717, 1.165) is 23.8 Å². The molecule has 4 heteroatoms. The first-order valence-corrected chi connectivity index (χ1v) is 16.5. The molecule has 0 radical (unpaired) electrons. The fourth-order valence-corrected chi connectivity index (χ4v) is 5.63. The second kappa shape index (κ2) is 20.2. The van der Waals surface area contributed by atoms with Crippen LogP contribution in [0.1, 0.15) is 127 Å². The summed E-state index contributed by atoms with van der Waals surface area (Å²) in [5, 5.41) is 0. The summed E-state index contributed by atoms with van der Waals surface area (Å²) in [6, 6.07) is 14.4. The molecule has 0 heterocycles. The molecule has 1 aliphatic rings. The highest BCUT2D eigenvalue weighted by Gasteiger charge is 2.18. The Morgan fingerprint density at radius 3 is 1.93 bits per heavy atom. The van der Waals surface area contributed by atoms with Gasteiger partial charge in [-0.05, 0) is 92.5 Å². The van der Waals surface area contributed by atoms with Crippen molar-refractivity contribution in [2.75, 3.05) is 13.2 Å². The third-order valence-electron chi connectivity index (χ3n) is 8.25. The number of carbonyl (C=O) groups excluding carboxylic acids is 1. The van der Waals surface area contributed by atoms with Gasteiger partial charge in [0, 0.05) is 0 Å². The first-order chi connectivity index (χ1) is 20.2. The minimum atomic E-state index is -0.378. The SMILES string of the molecule is CCCCCCCCCCOc1ccc(C(=O)Oc2ccc(OCC=CC3CCC(CCCCC)CC3)cc2)cc1. The largest absolute Gasteiger partial charge is 0.494 e. The normalized spacial score (nSPS) is 17.0. The molecule has 1 saturated carbocycles. The maximum absolute atomic E-state index is 12.6. The van der Waals surface area contributed by atoms with Crippen molar-refractivity contribution >= 4 is 5.97 Å². The summed E-state index contributed by atoms with van der Waals surface area (Å²) >= 11 is 0. The van der Waals surface area contributed by atoms with E-state index in [1.807, 2.05) is 24.3 Å². The van der Waals surface area contributed by atoms with Crippen molar-refractivity contribution in [1.82, 2.24) is 0 Å². The Balaban J connectivity index is 1.28. The highest BCUT2D eigenvalue weighted by Crippen LogP contribution is 2.32. The van der Waals surface area contributed by atoms with Crippen LogP contribution in [0.5, 0.6) is 17.2 Å². The minimum absolute atomic E-state index is 0.378. The Hall–Kier alpha value is -2.75. The number of rotatable bonds is 20. The molecule has 0 N–H and O–H groups in total. The topological polar surface area (TPSA) is 44.8 Å². The Labute approximate surface area is 249 Å². The zero-order chi connectivity index (χ0) is 29.0. The number of esters is 1. The van der Waals surface area contributed by atoms with Gasteiger partial charge in [-0.3, -0.25) is 0 Å². The second-order valence-electron chi connectivity index (χ2n) is 11.7. The van der Waals surface area contributed by atoms with Crippen LogP contribution in [0.15, 0.2) is 60.7 Å². The van der Waals surface area contributed by atoms with E-state index in [0.29, 0.717) is 30.4 Å². The van der Waals surface area contributed by atoms with Gasteiger partial charge in [0.1, 0.15) is 23.9 Å². The second-order valence-corrected chi connectivity index (χ2v) is 11.7. The molecule has 2 aromatic rings. The van der Waals surface area contributed by atoms with Crippen molar-refractivity contribution in [3.8, 4) is 17.2 Å². The molecule has 1 aliphatic carbocycles. The van der Waals surface area contributed by atoms with E-state index < -0.39 is 0 Å². The number of hydrogen-bond donors (Lipinski definition) is 0. The van der Waals surface area contributed by atoms with Gasteiger partial charge in [-0.15, -0.1) is 0 Å². The molecular formula is C37H54O4. The summed E-state index contributed by atoms with van der Waals surface area (Å²) in [5.41, 5.74) is 0.505. The van der Waals surface area contributed by atoms with Crippen molar-refractivity contribution < 1.29 is 19.0 Å². The fourth-order valence-electron chi connectivity index (χ4n) is 5.63. The van der Waals surface area contributed by atoms with E-state index in [1.165, 1.54) is 96.3 Å². The third kappa shape index (κ3) is 13.6. The number of carbonyl (C=O) groups is 1. The smallest absolute Gasteiger partial charge is 0.343 e. The lowest BCUT2D eigenvalue weighted by atomic mass is 9.79. The van der Waals surface area contributed by atoms with Gasteiger partial charge in [0.2, 0.25) is 0 Å². The predicted molar refractivity (Wildman–Crippen MR) is 170 cm³/mol. The Morgan fingerprint density at radius 2 is 1.24 bits per heavy atom. The third-order valence-corrected chi connectivity index (χ3v) is 8.25. The Morgan fingerprint density at radius 1 is 0.683 bits per heavy atom. The number of hydrogen-bond acceptors (Lipinski definition) is 4. The first kappa shape index (κ1) is 32.8. The fraction of sp³-hybridized carbons (Fsp3) is 0.595. The lowest BCUT2D eigenvalue weighted by Crippen LogP contribution is -2.13. The standard InChI is InChI=1S/C37H54O4/c1-3-5-7-8-9-10-11-13-29-39-34-23-21-33(22-24-34)37(38)41-36-27-25-35(26-28-36)40-30-14-16-32-19-17-31(18-20-32)15-12-6-4-2/h14,16,21-28,31-32H,3-13,15,17-20,29-30H2,1-2H3. The van der Waals surface area contributed by atoms with Crippen molar-refractivity contribution in [1.29, 1.82) is 0 Å². The summed E-state index contributed by atoms with van der Waals surface area (Å²) in [4.78, 5) is 12.6. The average molecular weight is 563 g/mol. The van der Waals surface area contributed by atoms with Crippen LogP contribution in [0.2, 0.25) is 0 Å². The monoisotopic (exact) mass is 562 g/mol. The maximum Gasteiger partial charge on any atom is 0.343 e. The van der Waals surface area contributed by atoms with Gasteiger partial charge in [-0.25, -0.2) is 4.79 Å². The van der Waals surface area contributed by atoms with Crippen LogP contribution in [-0.4, -0.2) is 19.2 Å². The van der Waals surface area contributed by atoms with Crippen LogP contribution in [-0.2, 0) is 0 Å². The van der Waals surface area contributed by atoms with Gasteiger partial charge in [-0.1, -0.05) is 96.6 Å². The summed E-state index contributed by atoms with van der Waals surface area (Å²) in [6.45, 7) is 5.80. The van der Waals surface area contributed by atoms with Crippen molar-refractivity contribution in [3.05, 3.63) is 66.2 Å². The molecule has 0 saturated heterocycles. The number of ether oxygens (including phenoxy) is 3. The summed E-state index contributed by atoms with van der Waals surface area (Å²) in [5.74, 6) is 3.32. The highest BCUT2D eigenvalue weighted by molar-refractivity contribution is 5.91. The molecule has 41 heavy (non-hydrogen) atoms. The van der Waals surface area contributed by atoms with Gasteiger partial charge in [0.05, 0.1) is 12.2 Å². The number of allylic oxidation sites excluding steroid dienone is 1. The van der Waals surface area contributed by atoms with E-state index >= 15 is 0 Å². The molecule has 0 spiro atoms. The van der Waals surface area contributed by atoms with Crippen LogP contribution in [0.3, 0.4) is 0 Å². The van der Waals surface area contributed by atoms with E-state index in [-0.39, 0.29) is 5.97 Å². The average Bonchev–Trinajstić information content (AvgIpc) is 3.00. The predicted octanol–water partition coefficient (Wildman–Crippen LogP) is 10.7. The molecular weight excluding hydrogens is 508 g/mol. The van der Waals surface area contributed by atoms with Crippen LogP contribution in [0.25, 0.3) is 0 Å². The van der Waals surface area contributed by atoms with Gasteiger partial charge < -0.3 is 14.2 Å². The zero-order valence-corrected chi connectivity index (χ0v) is 25.8. The lowest BCUT2D eigenvalue weighted by Gasteiger charge is -2.26. The van der Waals surface area contributed by atoms with E-state index in [1.54, 1.807) is 24.3 Å². The zero-order valence-electron chi connectivity index (χ0n) is 25.8. The van der Waals surface area contributed by atoms with E-state index in [4.69, 9.17) is 14.2 Å². The van der Waals surface area contributed by atoms with Gasteiger partial charge in [-0.2, -0.15) is 0 Å². The Kier molecular flexibility index (Phi) is 16.1. The molecule has 0 unspecified atom stereocenters. The molecule has 0 aliphatic heterocycles. The number of benzene rings is 2. The molecule has 226 valence electrons. The first-order valence-electron chi connectivity index (χ1n) is 16.5. The lowest BCUT2D eigenvalue weighted by molar-refractivity contribution is 0.0734. The summed E-state index contributed by atoms with van der Waals surface area (Å²) < 4.78 is 17.3. The molecule has 4 nitrogen and oxygen atoms in total. The van der Waals surface area contributed by atoms with Crippen molar-refractivity contribution in [2.45, 2.75) is 117 Å². The minimum Gasteiger partial charge on any atom is -0.494 e. The van der Waals surface area contributed by atoms with Crippen LogP contribution >= 0.6 is 0 Å². The van der Waals surface area contributed by atoms with Crippen LogP contribution in [0, 0.1) is 11.8 Å². The van der Waals surface area contributed by atoms with Crippen LogP contribution < -0.4 is 14.2 Å². The van der Waals surface area contributed by atoms with Crippen LogP contribution in [0.4, 0.5) is 0 Å². The van der Waals surface area contributed by atoms with E-state index in [2.05, 4.69) is 26.0 Å². The molecule has 0 bridgehead atoms. The highest BCUT2D eigenvalue weighted by atomic mass is 16.5.